The molecule has 1 N–H and O–H groups in total. The van der Waals surface area contributed by atoms with Crippen LogP contribution in [0.3, 0.4) is 0 Å². The smallest absolute Gasteiger partial charge is 0.263 e. The second-order valence-corrected chi connectivity index (χ2v) is 8.33. The van der Waals surface area contributed by atoms with Crippen LogP contribution in [0.2, 0.25) is 5.02 Å². The minimum absolute atomic E-state index is 0.0510. The number of sulfonamides is 1. The fraction of sp³-hybridized carbons (Fsp3) is 0.350. The monoisotopic (exact) mass is 424 g/mol. The second-order valence-electron chi connectivity index (χ2n) is 6.27. The van der Waals surface area contributed by atoms with Gasteiger partial charge in [-0.1, -0.05) is 25.4 Å². The molecule has 0 aliphatic carbocycles. The molecule has 2 aromatic carbocycles. The zero-order chi connectivity index (χ0) is 20.7. The van der Waals surface area contributed by atoms with Crippen molar-refractivity contribution in [3.05, 3.63) is 53.1 Å². The van der Waals surface area contributed by atoms with Crippen molar-refractivity contribution in [3.8, 4) is 5.75 Å². The SMILES string of the molecule is CCCN(CCC)C(=O)c1ccc(Cl)c(S(=O)(=O)Nc2ccc(OC)cc2)c1. The molecule has 152 valence electrons. The molecule has 0 radical (unpaired) electrons. The minimum Gasteiger partial charge on any atom is -0.497 e. The van der Waals surface area contributed by atoms with Crippen molar-refractivity contribution in [2.45, 2.75) is 31.6 Å². The van der Waals surface area contributed by atoms with E-state index < -0.39 is 10.0 Å². The molecule has 0 heterocycles. The van der Waals surface area contributed by atoms with E-state index >= 15 is 0 Å². The normalized spacial score (nSPS) is 11.1. The van der Waals surface area contributed by atoms with Crippen LogP contribution in [-0.2, 0) is 10.0 Å². The molecule has 6 nitrogen and oxygen atoms in total. The van der Waals surface area contributed by atoms with Gasteiger partial charge in [-0.25, -0.2) is 8.42 Å². The number of hydrogen-bond donors (Lipinski definition) is 1. The van der Waals surface area contributed by atoms with Crippen molar-refractivity contribution in [1.29, 1.82) is 0 Å². The molecule has 28 heavy (non-hydrogen) atoms. The van der Waals surface area contributed by atoms with Gasteiger partial charge in [0.1, 0.15) is 10.6 Å². The van der Waals surface area contributed by atoms with Gasteiger partial charge in [0, 0.05) is 24.3 Å². The number of halogens is 1. The number of carbonyl (C=O) groups is 1. The molecule has 0 unspecified atom stereocenters. The minimum atomic E-state index is -3.96. The van der Waals surface area contributed by atoms with E-state index in [1.165, 1.54) is 19.2 Å². The highest BCUT2D eigenvalue weighted by molar-refractivity contribution is 7.92. The number of nitrogens with zero attached hydrogens (tertiary/aromatic N) is 1. The number of methoxy groups -OCH3 is 1. The van der Waals surface area contributed by atoms with Gasteiger partial charge in [0.2, 0.25) is 0 Å². The molecule has 0 aromatic heterocycles. The Morgan fingerprint density at radius 2 is 1.68 bits per heavy atom. The molecule has 0 aliphatic heterocycles. The predicted octanol–water partition coefficient (Wildman–Crippen LogP) is 4.41. The first-order valence-corrected chi connectivity index (χ1v) is 10.9. The Hall–Kier alpha value is -2.25. The number of anilines is 1. The fourth-order valence-electron chi connectivity index (χ4n) is 2.75. The summed E-state index contributed by atoms with van der Waals surface area (Å²) in [5.74, 6) is 0.404. The molecule has 0 saturated heterocycles. The van der Waals surface area contributed by atoms with Crippen LogP contribution in [0, 0.1) is 0 Å². The van der Waals surface area contributed by atoms with Crippen LogP contribution in [0.5, 0.6) is 5.75 Å². The van der Waals surface area contributed by atoms with E-state index in [2.05, 4.69) is 4.72 Å². The maximum absolute atomic E-state index is 12.8. The summed E-state index contributed by atoms with van der Waals surface area (Å²) >= 11 is 6.14. The Morgan fingerprint density at radius 3 is 2.21 bits per heavy atom. The van der Waals surface area contributed by atoms with Crippen molar-refractivity contribution in [2.24, 2.45) is 0 Å². The highest BCUT2D eigenvalue weighted by Gasteiger charge is 2.22. The maximum Gasteiger partial charge on any atom is 0.263 e. The number of rotatable bonds is 9. The largest absolute Gasteiger partial charge is 0.497 e. The van der Waals surface area contributed by atoms with Gasteiger partial charge in [-0.05, 0) is 55.3 Å². The van der Waals surface area contributed by atoms with Crippen molar-refractivity contribution in [2.75, 3.05) is 24.9 Å². The third-order valence-electron chi connectivity index (χ3n) is 4.08. The Morgan fingerprint density at radius 1 is 1.07 bits per heavy atom. The van der Waals surface area contributed by atoms with Crippen LogP contribution in [0.25, 0.3) is 0 Å². The fourth-order valence-corrected chi connectivity index (χ4v) is 4.33. The average Bonchev–Trinajstić information content (AvgIpc) is 2.68. The third-order valence-corrected chi connectivity index (χ3v) is 5.95. The van der Waals surface area contributed by atoms with Gasteiger partial charge in [0.15, 0.2) is 0 Å². The van der Waals surface area contributed by atoms with Gasteiger partial charge < -0.3 is 9.64 Å². The molecule has 2 rings (SSSR count). The van der Waals surface area contributed by atoms with Crippen LogP contribution in [0.4, 0.5) is 5.69 Å². The van der Waals surface area contributed by atoms with E-state index in [4.69, 9.17) is 16.3 Å². The zero-order valence-corrected chi connectivity index (χ0v) is 17.8. The van der Waals surface area contributed by atoms with Crippen LogP contribution in [0.15, 0.2) is 47.4 Å². The molecular formula is C20H25ClN2O4S. The van der Waals surface area contributed by atoms with Gasteiger partial charge in [-0.2, -0.15) is 0 Å². The lowest BCUT2D eigenvalue weighted by atomic mass is 10.2. The molecule has 0 aliphatic rings. The Bertz CT molecular complexity index is 908. The maximum atomic E-state index is 12.8. The average molecular weight is 425 g/mol. The van der Waals surface area contributed by atoms with E-state index in [9.17, 15) is 13.2 Å². The number of nitrogens with one attached hydrogen (secondary N) is 1. The standard InChI is InChI=1S/C20H25ClN2O4S/c1-4-12-23(13-5-2)20(24)15-6-11-18(21)19(14-15)28(25,26)22-16-7-9-17(27-3)10-8-16/h6-11,14,22H,4-5,12-13H2,1-3H3. The first-order chi connectivity index (χ1) is 13.3. The summed E-state index contributed by atoms with van der Waals surface area (Å²) < 4.78 is 33.2. The molecule has 0 atom stereocenters. The summed E-state index contributed by atoms with van der Waals surface area (Å²) in [6, 6.07) is 10.8. The van der Waals surface area contributed by atoms with Crippen molar-refractivity contribution in [3.63, 3.8) is 0 Å². The quantitative estimate of drug-likeness (QED) is 0.646. The number of ether oxygens (including phenoxy) is 1. The summed E-state index contributed by atoms with van der Waals surface area (Å²) in [6.45, 7) is 5.21. The van der Waals surface area contributed by atoms with E-state index in [1.807, 2.05) is 13.8 Å². The van der Waals surface area contributed by atoms with Crippen LogP contribution >= 0.6 is 11.6 Å². The molecule has 0 saturated carbocycles. The van der Waals surface area contributed by atoms with E-state index in [0.29, 0.717) is 30.1 Å². The number of benzene rings is 2. The lowest BCUT2D eigenvalue weighted by Gasteiger charge is -2.22. The summed E-state index contributed by atoms with van der Waals surface area (Å²) in [5.41, 5.74) is 0.661. The first kappa shape index (κ1) is 22.0. The Kier molecular flexibility index (Phi) is 7.71. The van der Waals surface area contributed by atoms with Crippen LogP contribution < -0.4 is 9.46 Å². The molecule has 2 aromatic rings. The van der Waals surface area contributed by atoms with Gasteiger partial charge in [0.05, 0.1) is 12.1 Å². The van der Waals surface area contributed by atoms with E-state index in [1.54, 1.807) is 35.2 Å². The second kappa shape index (κ2) is 9.80. The third kappa shape index (κ3) is 5.39. The predicted molar refractivity (Wildman–Crippen MR) is 112 cm³/mol. The number of carbonyl (C=O) groups excluding carboxylic acids is 1. The summed E-state index contributed by atoms with van der Waals surface area (Å²) in [5, 5.41) is 0.0510. The van der Waals surface area contributed by atoms with Crippen molar-refractivity contribution in [1.82, 2.24) is 4.90 Å². The summed E-state index contributed by atoms with van der Waals surface area (Å²) in [6.07, 6.45) is 1.65. The van der Waals surface area contributed by atoms with Gasteiger partial charge in [-0.3, -0.25) is 9.52 Å². The van der Waals surface area contributed by atoms with Crippen LogP contribution in [0.1, 0.15) is 37.0 Å². The highest BCUT2D eigenvalue weighted by atomic mass is 35.5. The molecule has 1 amide bonds. The molecule has 0 fully saturated rings. The summed E-state index contributed by atoms with van der Waals surface area (Å²) in [4.78, 5) is 14.4. The number of hydrogen-bond acceptors (Lipinski definition) is 4. The number of amides is 1. The zero-order valence-electron chi connectivity index (χ0n) is 16.2. The molecule has 8 heteroatoms. The van der Waals surface area contributed by atoms with Gasteiger partial charge >= 0.3 is 0 Å². The molecular weight excluding hydrogens is 400 g/mol. The lowest BCUT2D eigenvalue weighted by molar-refractivity contribution is 0.0755. The first-order valence-electron chi connectivity index (χ1n) is 9.08. The van der Waals surface area contributed by atoms with Crippen molar-refractivity contribution < 1.29 is 17.9 Å². The van der Waals surface area contributed by atoms with E-state index in [0.717, 1.165) is 12.8 Å². The Balaban J connectivity index is 2.33. The Labute approximate surface area is 171 Å². The summed E-state index contributed by atoms with van der Waals surface area (Å²) in [7, 11) is -2.43. The van der Waals surface area contributed by atoms with Gasteiger partial charge in [-0.15, -0.1) is 0 Å². The lowest BCUT2D eigenvalue weighted by Crippen LogP contribution is -2.32. The highest BCUT2D eigenvalue weighted by Crippen LogP contribution is 2.26. The van der Waals surface area contributed by atoms with Crippen LogP contribution in [-0.4, -0.2) is 39.4 Å². The molecule has 0 spiro atoms. The molecule has 0 bridgehead atoms. The van der Waals surface area contributed by atoms with E-state index in [-0.39, 0.29) is 15.8 Å². The van der Waals surface area contributed by atoms with Gasteiger partial charge in [0.25, 0.3) is 15.9 Å². The van der Waals surface area contributed by atoms with Crippen molar-refractivity contribution >= 4 is 33.2 Å². The topological polar surface area (TPSA) is 75.7 Å².